The van der Waals surface area contributed by atoms with Gasteiger partial charge in [0.1, 0.15) is 11.2 Å². The van der Waals surface area contributed by atoms with Crippen LogP contribution in [0.1, 0.15) is 10.4 Å². The highest BCUT2D eigenvalue weighted by Crippen LogP contribution is 2.14. The third-order valence-electron chi connectivity index (χ3n) is 3.20. The predicted octanol–water partition coefficient (Wildman–Crippen LogP) is 0.308. The summed E-state index contributed by atoms with van der Waals surface area (Å²) in [6.07, 6.45) is 7.18. The summed E-state index contributed by atoms with van der Waals surface area (Å²) in [5.74, 6) is 0.130. The van der Waals surface area contributed by atoms with Gasteiger partial charge < -0.3 is 14.6 Å². The number of fused-ring (bicyclic) bond motifs is 1. The predicted molar refractivity (Wildman–Crippen MR) is 75.3 cm³/mol. The Morgan fingerprint density at radius 1 is 1.43 bits per heavy atom. The lowest BCUT2D eigenvalue weighted by Crippen LogP contribution is -2.27. The molecule has 0 aliphatic rings. The number of amides is 1. The third-order valence-corrected chi connectivity index (χ3v) is 3.20. The molecule has 0 radical (unpaired) electrons. The van der Waals surface area contributed by atoms with E-state index in [2.05, 4.69) is 15.5 Å². The molecule has 0 fully saturated rings. The van der Waals surface area contributed by atoms with Crippen molar-refractivity contribution < 1.29 is 9.53 Å². The maximum atomic E-state index is 12.1. The first-order valence-electron chi connectivity index (χ1n) is 6.53. The van der Waals surface area contributed by atoms with E-state index in [0.717, 1.165) is 5.65 Å². The van der Waals surface area contributed by atoms with Gasteiger partial charge in [0.2, 0.25) is 5.88 Å². The molecular formula is C13H16N6O2. The van der Waals surface area contributed by atoms with E-state index in [9.17, 15) is 4.79 Å². The molecule has 3 rings (SSSR count). The van der Waals surface area contributed by atoms with Crippen molar-refractivity contribution in [3.63, 3.8) is 0 Å². The van der Waals surface area contributed by atoms with Crippen LogP contribution in [0.25, 0.3) is 5.65 Å². The molecule has 8 heteroatoms. The fraction of sp³-hybridized carbons (Fsp3) is 0.308. The summed E-state index contributed by atoms with van der Waals surface area (Å²) in [4.78, 5) is 12.1. The highest BCUT2D eigenvalue weighted by molar-refractivity contribution is 5.96. The maximum Gasteiger partial charge on any atom is 0.258 e. The number of nitrogens with one attached hydrogen (secondary N) is 1. The van der Waals surface area contributed by atoms with Crippen molar-refractivity contribution in [2.75, 3.05) is 13.7 Å². The lowest BCUT2D eigenvalue weighted by molar-refractivity contribution is 0.0949. The van der Waals surface area contributed by atoms with Gasteiger partial charge in [-0.25, -0.2) is 4.52 Å². The average Bonchev–Trinajstić information content (AvgIpc) is 3.14. The fourth-order valence-corrected chi connectivity index (χ4v) is 2.22. The van der Waals surface area contributed by atoms with Crippen LogP contribution in [0, 0.1) is 0 Å². The standard InChI is InChI=1S/C13H16N6O2/c1-17-9-10(13(16-17)21-2)12(20)14-5-6-18-7-8-19-11(18)3-4-15-19/h3-4,7-9H,5-6H2,1-2H3,(H,14,20). The van der Waals surface area contributed by atoms with Crippen LogP contribution in [0.5, 0.6) is 5.88 Å². The second-order valence-corrected chi connectivity index (χ2v) is 4.61. The van der Waals surface area contributed by atoms with Crippen molar-refractivity contribution in [2.45, 2.75) is 6.54 Å². The van der Waals surface area contributed by atoms with E-state index in [1.165, 1.54) is 7.11 Å². The molecule has 1 amide bonds. The van der Waals surface area contributed by atoms with E-state index in [4.69, 9.17) is 4.74 Å². The van der Waals surface area contributed by atoms with Gasteiger partial charge in [0.15, 0.2) is 0 Å². The molecule has 0 atom stereocenters. The Balaban J connectivity index is 1.62. The molecule has 0 saturated carbocycles. The van der Waals surface area contributed by atoms with E-state index in [1.807, 2.05) is 23.0 Å². The second-order valence-electron chi connectivity index (χ2n) is 4.61. The van der Waals surface area contributed by atoms with E-state index >= 15 is 0 Å². The molecule has 110 valence electrons. The monoisotopic (exact) mass is 288 g/mol. The van der Waals surface area contributed by atoms with Crippen LogP contribution < -0.4 is 10.1 Å². The van der Waals surface area contributed by atoms with Gasteiger partial charge in [0, 0.05) is 44.8 Å². The first kappa shape index (κ1) is 13.2. The number of nitrogens with zero attached hydrogens (tertiary/aromatic N) is 5. The number of imidazole rings is 1. The maximum absolute atomic E-state index is 12.1. The molecule has 0 saturated heterocycles. The molecule has 0 aromatic carbocycles. The number of hydrogen-bond acceptors (Lipinski definition) is 4. The molecule has 3 heterocycles. The van der Waals surface area contributed by atoms with Crippen LogP contribution in [-0.4, -0.2) is 43.5 Å². The number of carbonyl (C=O) groups is 1. The quantitative estimate of drug-likeness (QED) is 0.733. The number of aryl methyl sites for hydroxylation is 1. The van der Waals surface area contributed by atoms with Crippen molar-refractivity contribution in [1.82, 2.24) is 29.3 Å². The van der Waals surface area contributed by atoms with E-state index in [1.54, 1.807) is 28.6 Å². The van der Waals surface area contributed by atoms with E-state index in [-0.39, 0.29) is 5.91 Å². The smallest absolute Gasteiger partial charge is 0.258 e. The van der Waals surface area contributed by atoms with Crippen molar-refractivity contribution in [3.05, 3.63) is 36.4 Å². The van der Waals surface area contributed by atoms with Gasteiger partial charge in [-0.15, -0.1) is 5.10 Å². The second kappa shape index (κ2) is 5.31. The zero-order valence-electron chi connectivity index (χ0n) is 11.9. The van der Waals surface area contributed by atoms with Crippen LogP contribution in [0.4, 0.5) is 0 Å². The minimum Gasteiger partial charge on any atom is -0.479 e. The zero-order valence-corrected chi connectivity index (χ0v) is 11.9. The summed E-state index contributed by atoms with van der Waals surface area (Å²) in [6.45, 7) is 1.17. The highest BCUT2D eigenvalue weighted by Gasteiger charge is 2.15. The Morgan fingerprint density at radius 2 is 2.29 bits per heavy atom. The van der Waals surface area contributed by atoms with Crippen molar-refractivity contribution in [3.8, 4) is 5.88 Å². The van der Waals surface area contributed by atoms with Crippen LogP contribution in [-0.2, 0) is 13.6 Å². The van der Waals surface area contributed by atoms with E-state index in [0.29, 0.717) is 24.5 Å². The highest BCUT2D eigenvalue weighted by atomic mass is 16.5. The van der Waals surface area contributed by atoms with E-state index < -0.39 is 0 Å². The van der Waals surface area contributed by atoms with Crippen molar-refractivity contribution in [2.24, 2.45) is 7.05 Å². The summed E-state index contributed by atoms with van der Waals surface area (Å²) in [7, 11) is 3.24. The molecule has 21 heavy (non-hydrogen) atoms. The van der Waals surface area contributed by atoms with Gasteiger partial charge in [-0.05, 0) is 0 Å². The van der Waals surface area contributed by atoms with Crippen molar-refractivity contribution >= 4 is 11.6 Å². The number of ether oxygens (including phenoxy) is 1. The Bertz CT molecular complexity index is 769. The minimum atomic E-state index is -0.198. The largest absolute Gasteiger partial charge is 0.479 e. The molecule has 0 aliphatic heterocycles. The number of rotatable bonds is 5. The molecule has 0 spiro atoms. The third kappa shape index (κ3) is 2.47. The Hall–Kier alpha value is -2.77. The van der Waals surface area contributed by atoms with Gasteiger partial charge in [0.25, 0.3) is 5.91 Å². The molecule has 0 aliphatic carbocycles. The fourth-order valence-electron chi connectivity index (χ4n) is 2.22. The summed E-state index contributed by atoms with van der Waals surface area (Å²) in [5, 5.41) is 11.1. The lowest BCUT2D eigenvalue weighted by Gasteiger charge is -2.06. The summed E-state index contributed by atoms with van der Waals surface area (Å²) < 4.78 is 10.4. The zero-order chi connectivity index (χ0) is 14.8. The molecule has 0 unspecified atom stereocenters. The summed E-state index contributed by atoms with van der Waals surface area (Å²) >= 11 is 0. The number of hydrogen-bond donors (Lipinski definition) is 1. The van der Waals surface area contributed by atoms with Crippen LogP contribution in [0.2, 0.25) is 0 Å². The first-order chi connectivity index (χ1) is 10.2. The number of carbonyl (C=O) groups excluding carboxylic acids is 1. The van der Waals surface area contributed by atoms with Crippen LogP contribution >= 0.6 is 0 Å². The number of methoxy groups -OCH3 is 1. The Morgan fingerprint density at radius 3 is 3.10 bits per heavy atom. The Labute approximate surface area is 120 Å². The Kier molecular flexibility index (Phi) is 3.35. The summed E-state index contributed by atoms with van der Waals surface area (Å²) in [6, 6.07) is 1.92. The molecular weight excluding hydrogens is 272 g/mol. The molecule has 8 nitrogen and oxygen atoms in total. The molecule has 3 aromatic heterocycles. The molecule has 3 aromatic rings. The average molecular weight is 288 g/mol. The topological polar surface area (TPSA) is 78.4 Å². The van der Waals surface area contributed by atoms with Gasteiger partial charge in [-0.3, -0.25) is 9.48 Å². The van der Waals surface area contributed by atoms with Gasteiger partial charge in [-0.2, -0.15) is 5.10 Å². The number of aromatic nitrogens is 5. The van der Waals surface area contributed by atoms with Crippen LogP contribution in [0.3, 0.4) is 0 Å². The van der Waals surface area contributed by atoms with Crippen LogP contribution in [0.15, 0.2) is 30.9 Å². The normalized spacial score (nSPS) is 11.0. The minimum absolute atomic E-state index is 0.198. The first-order valence-corrected chi connectivity index (χ1v) is 6.53. The van der Waals surface area contributed by atoms with Gasteiger partial charge >= 0.3 is 0 Å². The lowest BCUT2D eigenvalue weighted by atomic mass is 10.3. The van der Waals surface area contributed by atoms with Gasteiger partial charge in [-0.1, -0.05) is 0 Å². The molecule has 0 bridgehead atoms. The summed E-state index contributed by atoms with van der Waals surface area (Å²) in [5.41, 5.74) is 1.42. The van der Waals surface area contributed by atoms with Crippen molar-refractivity contribution in [1.29, 1.82) is 0 Å². The van der Waals surface area contributed by atoms with Gasteiger partial charge in [0.05, 0.1) is 13.3 Å². The molecule has 1 N–H and O–H groups in total. The SMILES string of the molecule is COc1nn(C)cc1C(=O)NCCn1ccn2nccc12.